The highest BCUT2D eigenvalue weighted by Crippen LogP contribution is 1.98. The van der Waals surface area contributed by atoms with Crippen molar-refractivity contribution in [2.45, 2.75) is 19.9 Å². The Morgan fingerprint density at radius 1 is 1.44 bits per heavy atom. The van der Waals surface area contributed by atoms with Gasteiger partial charge >= 0.3 is 0 Å². The number of fused-ring (bicyclic) bond motifs is 1. The minimum absolute atomic E-state index is 0.0362. The van der Waals surface area contributed by atoms with Crippen molar-refractivity contribution in [3.63, 3.8) is 0 Å². The van der Waals surface area contributed by atoms with E-state index < -0.39 is 0 Å². The molecule has 4 nitrogen and oxygen atoms in total. The van der Waals surface area contributed by atoms with Crippen LogP contribution in [0, 0.1) is 0 Å². The van der Waals surface area contributed by atoms with Crippen molar-refractivity contribution in [2.75, 3.05) is 6.54 Å². The van der Waals surface area contributed by atoms with Crippen LogP contribution >= 0.6 is 0 Å². The standard InChI is InChI=1S/C14H17N3O/c1-2-3-5-8-15-11-12-10-14(18)17-9-6-4-7-13(17)16-12/h2-4,6-7,9-10,15H,5,8,11H2,1H3/b3-2+. The number of hydrogen-bond acceptors (Lipinski definition) is 3. The van der Waals surface area contributed by atoms with Crippen molar-refractivity contribution in [2.24, 2.45) is 0 Å². The molecule has 0 amide bonds. The number of pyridine rings is 1. The van der Waals surface area contributed by atoms with Crippen LogP contribution in [0.2, 0.25) is 0 Å². The van der Waals surface area contributed by atoms with Gasteiger partial charge in [-0.05, 0) is 32.0 Å². The van der Waals surface area contributed by atoms with E-state index in [1.165, 1.54) is 0 Å². The van der Waals surface area contributed by atoms with Gasteiger partial charge < -0.3 is 5.32 Å². The molecule has 0 bridgehead atoms. The second-order valence-corrected chi connectivity index (χ2v) is 4.05. The van der Waals surface area contributed by atoms with Crippen LogP contribution in [0.3, 0.4) is 0 Å². The van der Waals surface area contributed by atoms with Gasteiger partial charge in [-0.3, -0.25) is 9.20 Å². The SMILES string of the molecule is C/C=C/CCNCc1cc(=O)n2ccccc2n1. The molecule has 0 spiro atoms. The summed E-state index contributed by atoms with van der Waals surface area (Å²) < 4.78 is 1.54. The first-order valence-electron chi connectivity index (χ1n) is 6.10. The maximum Gasteiger partial charge on any atom is 0.258 e. The lowest BCUT2D eigenvalue weighted by Gasteiger charge is -2.04. The van der Waals surface area contributed by atoms with Gasteiger partial charge in [0.1, 0.15) is 5.65 Å². The van der Waals surface area contributed by atoms with Gasteiger partial charge in [-0.2, -0.15) is 0 Å². The number of aromatic nitrogens is 2. The Balaban J connectivity index is 2.08. The van der Waals surface area contributed by atoms with Crippen molar-refractivity contribution >= 4 is 5.65 Å². The van der Waals surface area contributed by atoms with Crippen LogP contribution in [-0.4, -0.2) is 15.9 Å². The summed E-state index contributed by atoms with van der Waals surface area (Å²) >= 11 is 0. The Morgan fingerprint density at radius 2 is 2.33 bits per heavy atom. The Hall–Kier alpha value is -1.94. The smallest absolute Gasteiger partial charge is 0.258 e. The molecule has 2 heterocycles. The Labute approximate surface area is 106 Å². The van der Waals surface area contributed by atoms with E-state index in [0.29, 0.717) is 12.2 Å². The molecule has 1 N–H and O–H groups in total. The van der Waals surface area contributed by atoms with Crippen molar-refractivity contribution in [3.8, 4) is 0 Å². The van der Waals surface area contributed by atoms with Crippen LogP contribution in [0.5, 0.6) is 0 Å². The largest absolute Gasteiger partial charge is 0.311 e. The number of nitrogens with one attached hydrogen (secondary N) is 1. The monoisotopic (exact) mass is 243 g/mol. The molecule has 0 aliphatic rings. The summed E-state index contributed by atoms with van der Waals surface area (Å²) in [6.45, 7) is 3.52. The van der Waals surface area contributed by atoms with Crippen LogP contribution in [0.25, 0.3) is 5.65 Å². The maximum absolute atomic E-state index is 11.8. The minimum Gasteiger partial charge on any atom is -0.311 e. The predicted molar refractivity (Wildman–Crippen MR) is 72.6 cm³/mol. The van der Waals surface area contributed by atoms with E-state index in [1.807, 2.05) is 31.2 Å². The fraction of sp³-hybridized carbons (Fsp3) is 0.286. The second kappa shape index (κ2) is 6.12. The summed E-state index contributed by atoms with van der Waals surface area (Å²) in [6.07, 6.45) is 6.86. The van der Waals surface area contributed by atoms with Crippen molar-refractivity contribution in [1.82, 2.24) is 14.7 Å². The fourth-order valence-corrected chi connectivity index (χ4v) is 1.76. The molecular formula is C14H17N3O. The van der Waals surface area contributed by atoms with E-state index in [4.69, 9.17) is 0 Å². The number of nitrogens with zero attached hydrogens (tertiary/aromatic N) is 2. The lowest BCUT2D eigenvalue weighted by atomic mass is 10.3. The summed E-state index contributed by atoms with van der Waals surface area (Å²) in [4.78, 5) is 16.3. The van der Waals surface area contributed by atoms with E-state index >= 15 is 0 Å². The molecule has 0 aliphatic heterocycles. The third kappa shape index (κ3) is 3.05. The van der Waals surface area contributed by atoms with E-state index in [2.05, 4.69) is 16.4 Å². The lowest BCUT2D eigenvalue weighted by Crippen LogP contribution is -2.20. The number of rotatable bonds is 5. The number of hydrogen-bond donors (Lipinski definition) is 1. The first-order valence-corrected chi connectivity index (χ1v) is 6.10. The Kier molecular flexibility index (Phi) is 4.25. The molecule has 94 valence electrons. The summed E-state index contributed by atoms with van der Waals surface area (Å²) in [6, 6.07) is 7.12. The Morgan fingerprint density at radius 3 is 3.17 bits per heavy atom. The summed E-state index contributed by atoms with van der Waals surface area (Å²) in [7, 11) is 0. The highest BCUT2D eigenvalue weighted by Gasteiger charge is 2.00. The van der Waals surface area contributed by atoms with Crippen LogP contribution in [0.15, 0.2) is 47.4 Å². The molecule has 0 saturated heterocycles. The average Bonchev–Trinajstić information content (AvgIpc) is 2.39. The minimum atomic E-state index is -0.0362. The molecule has 2 aromatic rings. The maximum atomic E-state index is 11.8. The van der Waals surface area contributed by atoms with Gasteiger partial charge in [-0.1, -0.05) is 18.2 Å². The van der Waals surface area contributed by atoms with Gasteiger partial charge in [0.05, 0.1) is 5.69 Å². The molecular weight excluding hydrogens is 226 g/mol. The molecule has 4 heteroatoms. The molecule has 18 heavy (non-hydrogen) atoms. The van der Waals surface area contributed by atoms with Crippen LogP contribution < -0.4 is 10.9 Å². The topological polar surface area (TPSA) is 46.4 Å². The zero-order chi connectivity index (χ0) is 12.8. The van der Waals surface area contributed by atoms with E-state index in [9.17, 15) is 4.79 Å². The van der Waals surface area contributed by atoms with Crippen LogP contribution in [0.4, 0.5) is 0 Å². The van der Waals surface area contributed by atoms with E-state index in [0.717, 1.165) is 18.7 Å². The van der Waals surface area contributed by atoms with Crippen molar-refractivity contribution < 1.29 is 0 Å². The van der Waals surface area contributed by atoms with Gasteiger partial charge in [0.2, 0.25) is 0 Å². The average molecular weight is 243 g/mol. The van der Waals surface area contributed by atoms with Gasteiger partial charge in [-0.25, -0.2) is 4.98 Å². The zero-order valence-electron chi connectivity index (χ0n) is 10.5. The Bertz CT molecular complexity index is 601. The summed E-state index contributed by atoms with van der Waals surface area (Å²) in [5, 5.41) is 3.27. The number of allylic oxidation sites excluding steroid dienone is 1. The first-order chi connectivity index (χ1) is 8.81. The zero-order valence-corrected chi connectivity index (χ0v) is 10.5. The molecule has 0 unspecified atom stereocenters. The molecule has 2 aromatic heterocycles. The van der Waals surface area contributed by atoms with Crippen LogP contribution in [-0.2, 0) is 6.54 Å². The van der Waals surface area contributed by atoms with Gasteiger partial charge in [-0.15, -0.1) is 0 Å². The van der Waals surface area contributed by atoms with Crippen molar-refractivity contribution in [1.29, 1.82) is 0 Å². The van der Waals surface area contributed by atoms with E-state index in [-0.39, 0.29) is 5.56 Å². The molecule has 0 radical (unpaired) electrons. The quantitative estimate of drug-likeness (QED) is 0.643. The van der Waals surface area contributed by atoms with E-state index in [1.54, 1.807) is 16.7 Å². The molecule has 0 aromatic carbocycles. The van der Waals surface area contributed by atoms with Gasteiger partial charge in [0.15, 0.2) is 0 Å². The normalized spacial score (nSPS) is 11.4. The van der Waals surface area contributed by atoms with Crippen molar-refractivity contribution in [3.05, 3.63) is 58.7 Å². The summed E-state index contributed by atoms with van der Waals surface area (Å²) in [5.41, 5.74) is 1.44. The predicted octanol–water partition coefficient (Wildman–Crippen LogP) is 1.75. The third-order valence-corrected chi connectivity index (χ3v) is 2.65. The highest BCUT2D eigenvalue weighted by molar-refractivity contribution is 5.37. The molecule has 0 atom stereocenters. The lowest BCUT2D eigenvalue weighted by molar-refractivity contribution is 0.680. The second-order valence-electron chi connectivity index (χ2n) is 4.05. The van der Waals surface area contributed by atoms with Gasteiger partial charge in [0, 0.05) is 18.8 Å². The third-order valence-electron chi connectivity index (χ3n) is 2.65. The first kappa shape index (κ1) is 12.5. The van der Waals surface area contributed by atoms with Gasteiger partial charge in [0.25, 0.3) is 5.56 Å². The van der Waals surface area contributed by atoms with Crippen LogP contribution in [0.1, 0.15) is 19.0 Å². The molecule has 0 fully saturated rings. The molecule has 2 rings (SSSR count). The highest BCUT2D eigenvalue weighted by atomic mass is 16.1. The summed E-state index contributed by atoms with van der Waals surface area (Å²) in [5.74, 6) is 0. The molecule has 0 aliphatic carbocycles. The fourth-order valence-electron chi connectivity index (χ4n) is 1.76. The molecule has 0 saturated carbocycles.